The molecule has 0 aliphatic carbocycles. The number of hydrogen-bond acceptors (Lipinski definition) is 8. The summed E-state index contributed by atoms with van der Waals surface area (Å²) in [5, 5.41) is 5.91. The van der Waals surface area contributed by atoms with E-state index in [1.165, 1.54) is 35.6 Å². The number of carbonyl (C=O) groups excluding carboxylic acids is 2. The lowest BCUT2D eigenvalue weighted by Crippen LogP contribution is -2.20. The molecule has 0 amide bonds. The van der Waals surface area contributed by atoms with Gasteiger partial charge in [0.1, 0.15) is 5.75 Å². The lowest BCUT2D eigenvalue weighted by molar-refractivity contribution is -0.134. The van der Waals surface area contributed by atoms with Crippen molar-refractivity contribution in [3.63, 3.8) is 0 Å². The Kier molecular flexibility index (Phi) is 5.82. The summed E-state index contributed by atoms with van der Waals surface area (Å²) < 4.78 is 16.2. The molecule has 27 heavy (non-hydrogen) atoms. The lowest BCUT2D eigenvalue weighted by atomic mass is 10.2. The Morgan fingerprint density at radius 1 is 1.22 bits per heavy atom. The van der Waals surface area contributed by atoms with Crippen LogP contribution in [0, 0.1) is 0 Å². The predicted octanol–water partition coefficient (Wildman–Crippen LogP) is 2.74. The van der Waals surface area contributed by atoms with E-state index in [0.29, 0.717) is 11.3 Å². The first-order valence-corrected chi connectivity index (χ1v) is 9.04. The summed E-state index contributed by atoms with van der Waals surface area (Å²) in [5.74, 6) is -1.10. The number of hydrogen-bond donors (Lipinski definition) is 0. The number of benzene rings is 1. The number of aryl methyl sites for hydroxylation is 1. The van der Waals surface area contributed by atoms with E-state index in [4.69, 9.17) is 13.9 Å². The van der Waals surface area contributed by atoms with Gasteiger partial charge in [-0.15, -0.1) is 16.4 Å². The molecule has 8 nitrogen and oxygen atoms in total. The van der Waals surface area contributed by atoms with Gasteiger partial charge in [-0.1, -0.05) is 6.07 Å². The fraction of sp³-hybridized carbons (Fsp3) is 0.222. The average molecular weight is 388 g/mol. The summed E-state index contributed by atoms with van der Waals surface area (Å²) in [6.45, 7) is 2.04. The molecule has 0 spiro atoms. The van der Waals surface area contributed by atoms with Crippen molar-refractivity contribution in [2.45, 2.75) is 19.9 Å². The minimum Gasteiger partial charge on any atom is -0.462 e. The maximum Gasteiger partial charge on any atom is 0.437 e. The molecule has 1 aromatic carbocycles. The average Bonchev–Trinajstić information content (AvgIpc) is 3.30. The van der Waals surface area contributed by atoms with Crippen LogP contribution in [0.5, 0.6) is 5.75 Å². The quantitative estimate of drug-likeness (QED) is 0.453. The van der Waals surface area contributed by atoms with Crippen LogP contribution in [0.4, 0.5) is 0 Å². The molecule has 0 N–H and O–H groups in total. The molecule has 0 saturated carbocycles. The largest absolute Gasteiger partial charge is 0.462 e. The van der Waals surface area contributed by atoms with Gasteiger partial charge in [-0.05, 0) is 42.6 Å². The van der Waals surface area contributed by atoms with E-state index >= 15 is 0 Å². The molecule has 0 fully saturated rings. The molecular formula is C18H16N2O6S. The van der Waals surface area contributed by atoms with E-state index in [1.54, 1.807) is 13.0 Å². The van der Waals surface area contributed by atoms with E-state index in [-0.39, 0.29) is 25.5 Å². The highest BCUT2D eigenvalue weighted by molar-refractivity contribution is 7.13. The first-order valence-electron chi connectivity index (χ1n) is 8.16. The Labute approximate surface area is 157 Å². The van der Waals surface area contributed by atoms with Gasteiger partial charge in [-0.25, -0.2) is 9.59 Å². The van der Waals surface area contributed by atoms with Crippen molar-refractivity contribution in [3.05, 3.63) is 57.9 Å². The van der Waals surface area contributed by atoms with E-state index in [1.807, 2.05) is 11.4 Å². The molecule has 9 heteroatoms. The third-order valence-corrected chi connectivity index (χ3v) is 4.32. The highest BCUT2D eigenvalue weighted by atomic mass is 32.1. The Hall–Kier alpha value is -3.20. The fourth-order valence-corrected chi connectivity index (χ4v) is 2.84. The zero-order valence-electron chi connectivity index (χ0n) is 14.4. The minimum atomic E-state index is -0.634. The standard InChI is InChI=1S/C18H16N2O6S/c1-2-24-17(22)12-5-7-13(8-6-12)25-15(21)9-10-20-18(23)26-16(19-20)14-4-3-11-27-14/h3-8,11H,2,9-10H2,1H3. The molecule has 0 bridgehead atoms. The summed E-state index contributed by atoms with van der Waals surface area (Å²) in [6.07, 6.45) is -0.0596. The van der Waals surface area contributed by atoms with Crippen LogP contribution >= 0.6 is 11.3 Å². The maximum atomic E-state index is 12.0. The van der Waals surface area contributed by atoms with Gasteiger partial charge >= 0.3 is 17.7 Å². The first kappa shape index (κ1) is 18.6. The number of ether oxygens (including phenoxy) is 2. The second-order valence-corrected chi connectivity index (χ2v) is 6.29. The van der Waals surface area contributed by atoms with Crippen LogP contribution in [0.15, 0.2) is 51.0 Å². The molecule has 2 heterocycles. The lowest BCUT2D eigenvalue weighted by Gasteiger charge is -2.05. The second kappa shape index (κ2) is 8.45. The number of esters is 2. The van der Waals surface area contributed by atoms with E-state index in [9.17, 15) is 14.4 Å². The van der Waals surface area contributed by atoms with E-state index < -0.39 is 17.7 Å². The summed E-state index contributed by atoms with van der Waals surface area (Å²) in [6, 6.07) is 9.63. The van der Waals surface area contributed by atoms with Crippen LogP contribution in [-0.2, 0) is 16.1 Å². The van der Waals surface area contributed by atoms with Gasteiger partial charge in [-0.2, -0.15) is 4.68 Å². The zero-order chi connectivity index (χ0) is 19.2. The first-order chi connectivity index (χ1) is 13.1. The summed E-state index contributed by atoms with van der Waals surface area (Å²) in [7, 11) is 0. The molecule has 3 aromatic rings. The Bertz CT molecular complexity index is 972. The topological polar surface area (TPSA) is 101 Å². The van der Waals surface area contributed by atoms with Gasteiger partial charge in [0.05, 0.1) is 30.0 Å². The van der Waals surface area contributed by atoms with Crippen LogP contribution < -0.4 is 10.5 Å². The third-order valence-electron chi connectivity index (χ3n) is 3.46. The Balaban J connectivity index is 1.56. The van der Waals surface area contributed by atoms with Crippen molar-refractivity contribution < 1.29 is 23.5 Å². The van der Waals surface area contributed by atoms with Gasteiger partial charge in [0.25, 0.3) is 5.89 Å². The van der Waals surface area contributed by atoms with Crippen LogP contribution in [0.3, 0.4) is 0 Å². The van der Waals surface area contributed by atoms with Gasteiger partial charge in [-0.3, -0.25) is 4.79 Å². The van der Waals surface area contributed by atoms with Crippen molar-refractivity contribution in [2.24, 2.45) is 0 Å². The number of rotatable bonds is 7. The summed E-state index contributed by atoms with van der Waals surface area (Å²) in [5.41, 5.74) is 0.368. The van der Waals surface area contributed by atoms with Gasteiger partial charge in [0.2, 0.25) is 0 Å². The van der Waals surface area contributed by atoms with Crippen molar-refractivity contribution in [3.8, 4) is 16.5 Å². The Morgan fingerprint density at radius 3 is 2.67 bits per heavy atom. The minimum absolute atomic E-state index is 0.0352. The molecule has 3 rings (SSSR count). The number of nitrogens with zero attached hydrogens (tertiary/aromatic N) is 2. The SMILES string of the molecule is CCOC(=O)c1ccc(OC(=O)CCn2nc(-c3cccs3)oc2=O)cc1. The van der Waals surface area contributed by atoms with Crippen LogP contribution in [-0.4, -0.2) is 28.3 Å². The molecule has 0 aliphatic heterocycles. The van der Waals surface area contributed by atoms with Gasteiger partial charge in [0, 0.05) is 0 Å². The third kappa shape index (κ3) is 4.70. The molecule has 0 atom stereocenters. The van der Waals surface area contributed by atoms with Crippen LogP contribution in [0.1, 0.15) is 23.7 Å². The fourth-order valence-electron chi connectivity index (χ4n) is 2.20. The molecule has 140 valence electrons. The number of thiophene rings is 1. The predicted molar refractivity (Wildman–Crippen MR) is 96.7 cm³/mol. The summed E-state index contributed by atoms with van der Waals surface area (Å²) >= 11 is 1.40. The van der Waals surface area contributed by atoms with E-state index in [2.05, 4.69) is 5.10 Å². The second-order valence-electron chi connectivity index (χ2n) is 5.34. The molecule has 0 saturated heterocycles. The molecular weight excluding hydrogens is 372 g/mol. The van der Waals surface area contributed by atoms with E-state index in [0.717, 1.165) is 9.56 Å². The normalized spacial score (nSPS) is 10.6. The summed E-state index contributed by atoms with van der Waals surface area (Å²) in [4.78, 5) is 36.1. The highest BCUT2D eigenvalue weighted by Gasteiger charge is 2.13. The molecule has 0 aliphatic rings. The monoisotopic (exact) mass is 388 g/mol. The van der Waals surface area contributed by atoms with Crippen molar-refractivity contribution in [1.82, 2.24) is 9.78 Å². The zero-order valence-corrected chi connectivity index (χ0v) is 15.2. The Morgan fingerprint density at radius 2 is 2.00 bits per heavy atom. The molecule has 0 radical (unpaired) electrons. The van der Waals surface area contributed by atoms with Gasteiger partial charge in [0.15, 0.2) is 0 Å². The number of carbonyl (C=O) groups is 2. The van der Waals surface area contributed by atoms with Crippen LogP contribution in [0.25, 0.3) is 10.8 Å². The van der Waals surface area contributed by atoms with Gasteiger partial charge < -0.3 is 13.9 Å². The molecule has 2 aromatic heterocycles. The number of aromatic nitrogens is 2. The highest BCUT2D eigenvalue weighted by Crippen LogP contribution is 2.21. The van der Waals surface area contributed by atoms with Crippen LogP contribution in [0.2, 0.25) is 0 Å². The maximum absolute atomic E-state index is 12.0. The van der Waals surface area contributed by atoms with Crippen molar-refractivity contribution in [2.75, 3.05) is 6.61 Å². The smallest absolute Gasteiger partial charge is 0.437 e. The van der Waals surface area contributed by atoms with Crippen molar-refractivity contribution in [1.29, 1.82) is 0 Å². The van der Waals surface area contributed by atoms with Crippen molar-refractivity contribution >= 4 is 23.3 Å². The molecule has 0 unspecified atom stereocenters.